The number of nitrogens with zero attached hydrogens (tertiary/aromatic N) is 4. The molecule has 1 aliphatic heterocycles. The van der Waals surface area contributed by atoms with E-state index in [1.54, 1.807) is 41.4 Å². The topological polar surface area (TPSA) is 49.3 Å². The summed E-state index contributed by atoms with van der Waals surface area (Å²) in [6, 6.07) is 14.5. The second-order valence-corrected chi connectivity index (χ2v) is 7.78. The largest absolute Gasteiger partial charge is 0.366 e. The van der Waals surface area contributed by atoms with Crippen molar-refractivity contribution in [1.29, 1.82) is 0 Å². The lowest BCUT2D eigenvalue weighted by atomic mass is 10.1. The van der Waals surface area contributed by atoms with E-state index in [-0.39, 0.29) is 23.3 Å². The van der Waals surface area contributed by atoms with Crippen LogP contribution in [0.3, 0.4) is 0 Å². The van der Waals surface area contributed by atoms with Crippen molar-refractivity contribution in [2.24, 2.45) is 0 Å². The summed E-state index contributed by atoms with van der Waals surface area (Å²) in [5.41, 5.74) is 2.04. The van der Waals surface area contributed by atoms with Crippen LogP contribution in [0.2, 0.25) is 0 Å². The van der Waals surface area contributed by atoms with Gasteiger partial charge in [-0.2, -0.15) is 0 Å². The maximum Gasteiger partial charge on any atom is 0.233 e. The summed E-state index contributed by atoms with van der Waals surface area (Å²) < 4.78 is 27.1. The average Bonchev–Trinajstić information content (AvgIpc) is 2.79. The van der Waals surface area contributed by atoms with E-state index in [4.69, 9.17) is 0 Å². The van der Waals surface area contributed by atoms with Crippen LogP contribution in [-0.2, 0) is 4.79 Å². The number of thioether (sulfide) groups is 1. The lowest BCUT2D eigenvalue weighted by Crippen LogP contribution is -2.49. The second kappa shape index (κ2) is 9.21. The first-order valence-corrected chi connectivity index (χ1v) is 10.6. The highest BCUT2D eigenvalue weighted by atomic mass is 32.2. The molecule has 0 N–H and O–H groups in total. The number of anilines is 1. The molecule has 1 aromatic heterocycles. The van der Waals surface area contributed by atoms with Crippen LogP contribution < -0.4 is 4.90 Å². The van der Waals surface area contributed by atoms with Crippen molar-refractivity contribution in [1.82, 2.24) is 14.9 Å². The third-order valence-corrected chi connectivity index (χ3v) is 5.77. The van der Waals surface area contributed by atoms with Gasteiger partial charge in [0.25, 0.3) is 0 Å². The number of benzene rings is 2. The van der Waals surface area contributed by atoms with Crippen molar-refractivity contribution in [2.45, 2.75) is 5.16 Å². The number of halogens is 2. The minimum atomic E-state index is -0.303. The smallest absolute Gasteiger partial charge is 0.233 e. The van der Waals surface area contributed by atoms with Crippen LogP contribution >= 0.6 is 11.8 Å². The van der Waals surface area contributed by atoms with Gasteiger partial charge >= 0.3 is 0 Å². The highest BCUT2D eigenvalue weighted by Crippen LogP contribution is 2.22. The highest BCUT2D eigenvalue weighted by molar-refractivity contribution is 7.99. The summed E-state index contributed by atoms with van der Waals surface area (Å²) in [5.74, 6) is -0.315. The van der Waals surface area contributed by atoms with E-state index in [2.05, 4.69) is 9.97 Å². The van der Waals surface area contributed by atoms with E-state index in [1.807, 2.05) is 11.0 Å². The molecule has 0 radical (unpaired) electrons. The fourth-order valence-electron chi connectivity index (χ4n) is 3.31. The molecule has 2 heterocycles. The summed E-state index contributed by atoms with van der Waals surface area (Å²) in [7, 11) is 0. The van der Waals surface area contributed by atoms with Crippen LogP contribution in [0, 0.1) is 11.6 Å². The Labute approximate surface area is 177 Å². The predicted octanol–water partition coefficient (Wildman–Crippen LogP) is 3.86. The Bertz CT molecular complexity index is 1020. The molecule has 1 saturated heterocycles. The van der Waals surface area contributed by atoms with E-state index in [0.29, 0.717) is 42.7 Å². The van der Waals surface area contributed by atoms with Gasteiger partial charge in [0.1, 0.15) is 11.6 Å². The first kappa shape index (κ1) is 20.3. The number of amides is 1. The molecule has 2 aromatic carbocycles. The predicted molar refractivity (Wildman–Crippen MR) is 113 cm³/mol. The molecule has 1 fully saturated rings. The van der Waals surface area contributed by atoms with Crippen LogP contribution in [0.15, 0.2) is 66.0 Å². The molecular weight excluding hydrogens is 406 g/mol. The van der Waals surface area contributed by atoms with Crippen molar-refractivity contribution in [3.8, 4) is 11.3 Å². The molecule has 0 atom stereocenters. The first-order valence-electron chi connectivity index (χ1n) is 9.59. The van der Waals surface area contributed by atoms with Crippen molar-refractivity contribution in [2.75, 3.05) is 36.8 Å². The Kier molecular flexibility index (Phi) is 6.23. The zero-order chi connectivity index (χ0) is 20.9. The lowest BCUT2D eigenvalue weighted by Gasteiger charge is -2.36. The molecule has 0 unspecified atom stereocenters. The van der Waals surface area contributed by atoms with Gasteiger partial charge in [0, 0.05) is 37.9 Å². The number of hydrogen-bond donors (Lipinski definition) is 0. The van der Waals surface area contributed by atoms with Gasteiger partial charge in [-0.25, -0.2) is 18.7 Å². The van der Waals surface area contributed by atoms with Gasteiger partial charge in [-0.05, 0) is 42.5 Å². The molecule has 30 heavy (non-hydrogen) atoms. The summed E-state index contributed by atoms with van der Waals surface area (Å²) >= 11 is 1.27. The zero-order valence-electron chi connectivity index (χ0n) is 16.2. The van der Waals surface area contributed by atoms with Gasteiger partial charge in [-0.3, -0.25) is 4.79 Å². The van der Waals surface area contributed by atoms with Crippen LogP contribution in [0.4, 0.5) is 14.5 Å². The maximum absolute atomic E-state index is 14.0. The molecule has 4 rings (SSSR count). The average molecular weight is 426 g/mol. The monoisotopic (exact) mass is 426 g/mol. The number of carbonyl (C=O) groups excluding carboxylic acids is 1. The molecule has 8 heteroatoms. The quantitative estimate of drug-likeness (QED) is 0.458. The van der Waals surface area contributed by atoms with Gasteiger partial charge in [-0.1, -0.05) is 23.9 Å². The third-order valence-electron chi connectivity index (χ3n) is 4.92. The Morgan fingerprint density at radius 2 is 1.70 bits per heavy atom. The van der Waals surface area contributed by atoms with Crippen molar-refractivity contribution in [3.63, 3.8) is 0 Å². The fourth-order valence-corrected chi connectivity index (χ4v) is 4.05. The molecule has 0 spiro atoms. The van der Waals surface area contributed by atoms with E-state index in [9.17, 15) is 13.6 Å². The normalized spacial score (nSPS) is 14.1. The Morgan fingerprint density at radius 1 is 0.967 bits per heavy atom. The van der Waals surface area contributed by atoms with Crippen molar-refractivity contribution < 1.29 is 13.6 Å². The Hall–Kier alpha value is -3.00. The number of hydrogen-bond acceptors (Lipinski definition) is 5. The molecule has 154 valence electrons. The van der Waals surface area contributed by atoms with E-state index >= 15 is 0 Å². The highest BCUT2D eigenvalue weighted by Gasteiger charge is 2.22. The van der Waals surface area contributed by atoms with Gasteiger partial charge in [-0.15, -0.1) is 0 Å². The zero-order valence-corrected chi connectivity index (χ0v) is 17.0. The summed E-state index contributed by atoms with van der Waals surface area (Å²) in [6.45, 7) is 2.27. The Balaban J connectivity index is 1.32. The first-order chi connectivity index (χ1) is 14.6. The Morgan fingerprint density at radius 3 is 2.43 bits per heavy atom. The van der Waals surface area contributed by atoms with Crippen LogP contribution in [0.5, 0.6) is 0 Å². The van der Waals surface area contributed by atoms with Gasteiger partial charge in [0.2, 0.25) is 5.91 Å². The minimum absolute atomic E-state index is 0.00367. The molecule has 0 bridgehead atoms. The number of para-hydroxylation sites is 1. The molecule has 0 saturated carbocycles. The SMILES string of the molecule is O=C(CSc1nccc(-c2ccc(F)cc2)n1)N1CCN(c2ccccc2F)CC1. The van der Waals surface area contributed by atoms with E-state index < -0.39 is 0 Å². The molecule has 1 amide bonds. The fraction of sp³-hybridized carbons (Fsp3) is 0.227. The molecule has 3 aromatic rings. The van der Waals surface area contributed by atoms with Crippen LogP contribution in [0.25, 0.3) is 11.3 Å². The van der Waals surface area contributed by atoms with Crippen molar-refractivity contribution in [3.05, 3.63) is 72.4 Å². The number of carbonyl (C=O) groups is 1. The molecule has 5 nitrogen and oxygen atoms in total. The summed E-state index contributed by atoms with van der Waals surface area (Å²) in [6.07, 6.45) is 1.63. The second-order valence-electron chi connectivity index (χ2n) is 6.84. The number of piperazine rings is 1. The third kappa shape index (κ3) is 4.76. The number of aromatic nitrogens is 2. The maximum atomic E-state index is 14.0. The van der Waals surface area contributed by atoms with Gasteiger partial charge in [0.05, 0.1) is 17.1 Å². The van der Waals surface area contributed by atoms with Gasteiger partial charge in [0.15, 0.2) is 5.16 Å². The number of rotatable bonds is 5. The summed E-state index contributed by atoms with van der Waals surface area (Å²) in [5, 5.41) is 0.496. The van der Waals surface area contributed by atoms with Gasteiger partial charge < -0.3 is 9.80 Å². The van der Waals surface area contributed by atoms with E-state index in [1.165, 1.54) is 30.0 Å². The summed E-state index contributed by atoms with van der Waals surface area (Å²) in [4.78, 5) is 25.0. The minimum Gasteiger partial charge on any atom is -0.366 e. The van der Waals surface area contributed by atoms with Crippen LogP contribution in [-0.4, -0.2) is 52.7 Å². The van der Waals surface area contributed by atoms with Crippen LogP contribution in [0.1, 0.15) is 0 Å². The molecular formula is C22H20F2N4OS. The van der Waals surface area contributed by atoms with E-state index in [0.717, 1.165) is 5.56 Å². The molecule has 0 aliphatic carbocycles. The van der Waals surface area contributed by atoms with Crippen molar-refractivity contribution >= 4 is 23.4 Å². The molecule has 1 aliphatic rings. The lowest BCUT2D eigenvalue weighted by molar-refractivity contribution is -0.128. The standard InChI is InChI=1S/C22H20F2N4OS/c23-17-7-5-16(6-8-17)19-9-10-25-22(26-19)30-15-21(29)28-13-11-27(12-14-28)20-4-2-1-3-18(20)24/h1-10H,11-15H2.